The van der Waals surface area contributed by atoms with Crippen LogP contribution in [0.25, 0.3) is 11.4 Å². The Morgan fingerprint density at radius 2 is 1.97 bits per heavy atom. The lowest BCUT2D eigenvalue weighted by atomic mass is 9.89. The van der Waals surface area contributed by atoms with E-state index in [4.69, 9.17) is 14.5 Å². The Kier molecular flexibility index (Phi) is 7.98. The molecule has 1 aliphatic rings. The molecule has 1 heterocycles. The molecule has 7 heteroatoms. The van der Waals surface area contributed by atoms with Gasteiger partial charge in [0, 0.05) is 18.3 Å². The smallest absolute Gasteiger partial charge is 0.306 e. The summed E-state index contributed by atoms with van der Waals surface area (Å²) in [7, 11) is 1.65. The maximum absolute atomic E-state index is 11.4. The monoisotopic (exact) mass is 475 g/mol. The van der Waals surface area contributed by atoms with E-state index in [1.807, 2.05) is 49.5 Å². The van der Waals surface area contributed by atoms with Gasteiger partial charge in [0.15, 0.2) is 5.82 Å². The quantitative estimate of drug-likeness (QED) is 0.386. The third-order valence-corrected chi connectivity index (χ3v) is 6.72. The number of carbonyl (C=O) groups is 1. The van der Waals surface area contributed by atoms with Crippen LogP contribution in [0.5, 0.6) is 11.5 Å². The standard InChI is InChI=1S/C28H33N3O4/c1-18-16-30-27(20-5-8-22(34-3)9-6-20)31-26(18)17-29-13-4-14-35-23-10-12-25-21(15-23)7-11-24(25)19(2)28(32)33/h5-6,8-10,12,15-16,19,24,29H,4,7,11,13-14,17H2,1-3H3,(H,32,33)/t19-,24-/m0/s1. The zero-order chi connectivity index (χ0) is 24.8. The van der Waals surface area contributed by atoms with Crippen molar-refractivity contribution in [1.82, 2.24) is 15.3 Å². The first-order chi connectivity index (χ1) is 17.0. The van der Waals surface area contributed by atoms with E-state index in [1.165, 1.54) is 5.56 Å². The summed E-state index contributed by atoms with van der Waals surface area (Å²) in [5.74, 6) is 1.36. The predicted octanol–water partition coefficient (Wildman–Crippen LogP) is 4.77. The summed E-state index contributed by atoms with van der Waals surface area (Å²) >= 11 is 0. The summed E-state index contributed by atoms with van der Waals surface area (Å²) < 4.78 is 11.2. The van der Waals surface area contributed by atoms with Gasteiger partial charge in [-0.15, -0.1) is 0 Å². The van der Waals surface area contributed by atoms with Crippen molar-refractivity contribution in [3.05, 3.63) is 71.0 Å². The van der Waals surface area contributed by atoms with E-state index in [1.54, 1.807) is 14.0 Å². The molecule has 0 fully saturated rings. The molecule has 0 unspecified atom stereocenters. The van der Waals surface area contributed by atoms with Crippen LogP contribution in [-0.2, 0) is 17.8 Å². The Bertz CT molecular complexity index is 1160. The van der Waals surface area contributed by atoms with Crippen molar-refractivity contribution >= 4 is 5.97 Å². The number of nitrogens with zero attached hydrogens (tertiary/aromatic N) is 2. The van der Waals surface area contributed by atoms with Gasteiger partial charge in [-0.1, -0.05) is 13.0 Å². The minimum Gasteiger partial charge on any atom is -0.497 e. The number of ether oxygens (including phenoxy) is 2. The molecule has 0 amide bonds. The van der Waals surface area contributed by atoms with E-state index >= 15 is 0 Å². The Morgan fingerprint density at radius 1 is 1.20 bits per heavy atom. The minimum atomic E-state index is -0.732. The zero-order valence-corrected chi connectivity index (χ0v) is 20.6. The van der Waals surface area contributed by atoms with Crippen LogP contribution in [0.2, 0.25) is 0 Å². The lowest BCUT2D eigenvalue weighted by molar-refractivity contribution is -0.141. The maximum Gasteiger partial charge on any atom is 0.306 e. The number of hydrogen-bond donors (Lipinski definition) is 2. The highest BCUT2D eigenvalue weighted by atomic mass is 16.5. The summed E-state index contributed by atoms with van der Waals surface area (Å²) in [6.45, 7) is 5.90. The third kappa shape index (κ3) is 5.98. The molecule has 2 aromatic carbocycles. The average molecular weight is 476 g/mol. The molecule has 0 spiro atoms. The van der Waals surface area contributed by atoms with Crippen LogP contribution < -0.4 is 14.8 Å². The van der Waals surface area contributed by atoms with E-state index in [2.05, 4.69) is 16.4 Å². The number of hydrogen-bond acceptors (Lipinski definition) is 6. The van der Waals surface area contributed by atoms with Gasteiger partial charge in [0.1, 0.15) is 11.5 Å². The maximum atomic E-state index is 11.4. The fraction of sp³-hybridized carbons (Fsp3) is 0.393. The van der Waals surface area contributed by atoms with Gasteiger partial charge in [-0.2, -0.15) is 0 Å². The molecule has 0 radical (unpaired) electrons. The summed E-state index contributed by atoms with van der Waals surface area (Å²) in [6, 6.07) is 13.8. The highest BCUT2D eigenvalue weighted by molar-refractivity contribution is 5.71. The molecule has 2 N–H and O–H groups in total. The van der Waals surface area contributed by atoms with E-state index < -0.39 is 5.97 Å². The second kappa shape index (κ2) is 11.3. The number of carboxylic acid groups (broad SMARTS) is 1. The average Bonchev–Trinajstić information content (AvgIpc) is 3.29. The number of methoxy groups -OCH3 is 1. The Morgan fingerprint density at radius 3 is 2.71 bits per heavy atom. The minimum absolute atomic E-state index is 0.0937. The summed E-state index contributed by atoms with van der Waals surface area (Å²) in [5, 5.41) is 12.8. The fourth-order valence-corrected chi connectivity index (χ4v) is 4.54. The van der Waals surface area contributed by atoms with Crippen LogP contribution in [0.1, 0.15) is 48.1 Å². The van der Waals surface area contributed by atoms with Crippen LogP contribution in [0, 0.1) is 12.8 Å². The van der Waals surface area contributed by atoms with Crippen molar-refractivity contribution in [3.8, 4) is 22.9 Å². The van der Waals surface area contributed by atoms with Gasteiger partial charge in [0.25, 0.3) is 0 Å². The number of nitrogens with one attached hydrogen (secondary N) is 1. The molecule has 0 saturated heterocycles. The number of carboxylic acids is 1. The van der Waals surface area contributed by atoms with Crippen LogP contribution in [0.4, 0.5) is 0 Å². The number of aryl methyl sites for hydroxylation is 2. The molecule has 4 rings (SSSR count). The fourth-order valence-electron chi connectivity index (χ4n) is 4.54. The number of benzene rings is 2. The van der Waals surface area contributed by atoms with Gasteiger partial charge in [-0.25, -0.2) is 9.97 Å². The third-order valence-electron chi connectivity index (χ3n) is 6.72. The van der Waals surface area contributed by atoms with Gasteiger partial charge in [0.05, 0.1) is 25.3 Å². The van der Waals surface area contributed by atoms with E-state index in [0.29, 0.717) is 19.0 Å². The molecule has 0 aliphatic heterocycles. The van der Waals surface area contributed by atoms with Crippen LogP contribution >= 0.6 is 0 Å². The molecular weight excluding hydrogens is 442 g/mol. The molecular formula is C28H33N3O4. The van der Waals surface area contributed by atoms with Crippen LogP contribution in [0.3, 0.4) is 0 Å². The molecule has 0 saturated carbocycles. The van der Waals surface area contributed by atoms with E-state index in [9.17, 15) is 9.90 Å². The SMILES string of the molecule is COc1ccc(-c2ncc(C)c(CNCCCOc3ccc4c(c3)CC[C@H]4[C@H](C)C(=O)O)n2)cc1. The number of fused-ring (bicyclic) bond motifs is 1. The second-order valence-corrected chi connectivity index (χ2v) is 9.06. The van der Waals surface area contributed by atoms with Crippen molar-refractivity contribution in [2.45, 2.75) is 45.6 Å². The van der Waals surface area contributed by atoms with Gasteiger partial charge in [-0.3, -0.25) is 4.79 Å². The van der Waals surface area contributed by atoms with Crippen molar-refractivity contribution < 1.29 is 19.4 Å². The highest BCUT2D eigenvalue weighted by Gasteiger charge is 2.31. The highest BCUT2D eigenvalue weighted by Crippen LogP contribution is 2.39. The number of aromatic nitrogens is 2. The molecule has 1 aromatic heterocycles. The first-order valence-electron chi connectivity index (χ1n) is 12.1. The predicted molar refractivity (Wildman–Crippen MR) is 135 cm³/mol. The first kappa shape index (κ1) is 24.7. The summed E-state index contributed by atoms with van der Waals surface area (Å²) in [6.07, 6.45) is 4.53. The lowest BCUT2D eigenvalue weighted by Crippen LogP contribution is -2.19. The van der Waals surface area contributed by atoms with Crippen molar-refractivity contribution in [3.63, 3.8) is 0 Å². The summed E-state index contributed by atoms with van der Waals surface area (Å²) in [5.41, 5.74) is 5.36. The topological polar surface area (TPSA) is 93.6 Å². The van der Waals surface area contributed by atoms with Crippen molar-refractivity contribution in [2.75, 3.05) is 20.3 Å². The van der Waals surface area contributed by atoms with Crippen LogP contribution in [0.15, 0.2) is 48.7 Å². The van der Waals surface area contributed by atoms with E-state index in [-0.39, 0.29) is 11.8 Å². The Hall–Kier alpha value is -3.45. The summed E-state index contributed by atoms with van der Waals surface area (Å²) in [4.78, 5) is 20.6. The van der Waals surface area contributed by atoms with Crippen molar-refractivity contribution in [2.24, 2.45) is 5.92 Å². The van der Waals surface area contributed by atoms with Crippen molar-refractivity contribution in [1.29, 1.82) is 0 Å². The normalized spacial score (nSPS) is 15.5. The Labute approximate surface area is 206 Å². The number of rotatable bonds is 11. The Balaban J connectivity index is 1.23. The molecule has 2 atom stereocenters. The van der Waals surface area contributed by atoms with Gasteiger partial charge < -0.3 is 19.9 Å². The molecule has 0 bridgehead atoms. The molecule has 184 valence electrons. The van der Waals surface area contributed by atoms with Gasteiger partial charge >= 0.3 is 5.97 Å². The molecule has 1 aliphatic carbocycles. The lowest BCUT2D eigenvalue weighted by Gasteiger charge is -2.16. The zero-order valence-electron chi connectivity index (χ0n) is 20.6. The second-order valence-electron chi connectivity index (χ2n) is 9.06. The van der Waals surface area contributed by atoms with Crippen LogP contribution in [-0.4, -0.2) is 41.3 Å². The largest absolute Gasteiger partial charge is 0.497 e. The van der Waals surface area contributed by atoms with Gasteiger partial charge in [0.2, 0.25) is 0 Å². The molecule has 35 heavy (non-hydrogen) atoms. The molecule has 3 aromatic rings. The first-order valence-corrected chi connectivity index (χ1v) is 12.1. The van der Waals surface area contributed by atoms with Gasteiger partial charge in [-0.05, 0) is 91.7 Å². The molecule has 7 nitrogen and oxygen atoms in total. The van der Waals surface area contributed by atoms with E-state index in [0.717, 1.165) is 59.7 Å². The number of aliphatic carboxylic acids is 1.